The van der Waals surface area contributed by atoms with Crippen molar-refractivity contribution < 1.29 is 9.90 Å². The first-order valence-corrected chi connectivity index (χ1v) is 7.85. The van der Waals surface area contributed by atoms with Gasteiger partial charge in [-0.2, -0.15) is 0 Å². The summed E-state index contributed by atoms with van der Waals surface area (Å²) < 4.78 is 0.937. The molecular weight excluding hydrogens is 310 g/mol. The van der Waals surface area contributed by atoms with Gasteiger partial charge in [-0.05, 0) is 32.3 Å². The Kier molecular flexibility index (Phi) is 3.88. The molecule has 2 atom stereocenters. The van der Waals surface area contributed by atoms with E-state index in [1.165, 1.54) is 11.3 Å². The lowest BCUT2D eigenvalue weighted by atomic mass is 10.2. The van der Waals surface area contributed by atoms with Gasteiger partial charge in [0.15, 0.2) is 5.01 Å². The smallest absolute Gasteiger partial charge is 0.283 e. The number of β-amino-alcohol motifs (C(OH)–C–C–N with tert-alkyl or cyclic N) is 1. The Hall–Kier alpha value is -1.21. The summed E-state index contributed by atoms with van der Waals surface area (Å²) in [5.41, 5.74) is 0.736. The molecular formula is C14H16ClN3O2S. The van der Waals surface area contributed by atoms with Gasteiger partial charge < -0.3 is 14.9 Å². The molecule has 3 rings (SSSR count). The Labute approximate surface area is 131 Å². The number of aliphatic hydroxyl groups excluding tert-OH is 1. The molecule has 2 heterocycles. The van der Waals surface area contributed by atoms with Crippen LogP contribution in [-0.4, -0.2) is 65.1 Å². The number of nitrogens with zero attached hydrogens (tertiary/aromatic N) is 3. The fourth-order valence-corrected chi connectivity index (χ4v) is 3.65. The Morgan fingerprint density at radius 1 is 1.48 bits per heavy atom. The summed E-state index contributed by atoms with van der Waals surface area (Å²) in [6.45, 7) is 0.863. The van der Waals surface area contributed by atoms with Gasteiger partial charge in [0.2, 0.25) is 0 Å². The number of hydrogen-bond donors (Lipinski definition) is 1. The van der Waals surface area contributed by atoms with Crippen LogP contribution in [-0.2, 0) is 0 Å². The van der Waals surface area contributed by atoms with Gasteiger partial charge in [-0.1, -0.05) is 11.6 Å². The highest BCUT2D eigenvalue weighted by molar-refractivity contribution is 7.20. The van der Waals surface area contributed by atoms with Gasteiger partial charge in [0, 0.05) is 18.1 Å². The molecule has 5 nitrogen and oxygen atoms in total. The summed E-state index contributed by atoms with van der Waals surface area (Å²) in [6.07, 6.45) is -0.521. The van der Waals surface area contributed by atoms with Crippen LogP contribution in [0.2, 0.25) is 5.02 Å². The van der Waals surface area contributed by atoms with Gasteiger partial charge in [0.1, 0.15) is 0 Å². The maximum Gasteiger partial charge on any atom is 0.283 e. The Balaban J connectivity index is 1.84. The molecule has 1 aliphatic rings. The second-order valence-electron chi connectivity index (χ2n) is 5.44. The fourth-order valence-electron chi connectivity index (χ4n) is 2.57. The molecule has 0 radical (unpaired) electrons. The summed E-state index contributed by atoms with van der Waals surface area (Å²) in [5, 5.41) is 11.1. The molecule has 1 aromatic carbocycles. The number of aromatic nitrogens is 1. The van der Waals surface area contributed by atoms with Gasteiger partial charge >= 0.3 is 0 Å². The number of rotatable bonds is 2. The topological polar surface area (TPSA) is 56.7 Å². The predicted molar refractivity (Wildman–Crippen MR) is 84.0 cm³/mol. The molecule has 1 saturated heterocycles. The highest BCUT2D eigenvalue weighted by atomic mass is 35.5. The van der Waals surface area contributed by atoms with E-state index in [0.717, 1.165) is 10.2 Å². The maximum atomic E-state index is 12.5. The summed E-state index contributed by atoms with van der Waals surface area (Å²) in [4.78, 5) is 20.5. The molecule has 1 fully saturated rings. The van der Waals surface area contributed by atoms with Crippen molar-refractivity contribution in [3.05, 3.63) is 28.2 Å². The van der Waals surface area contributed by atoms with Crippen LogP contribution in [0.1, 0.15) is 9.80 Å². The number of amides is 1. The lowest BCUT2D eigenvalue weighted by molar-refractivity contribution is 0.0764. The third kappa shape index (κ3) is 2.76. The molecule has 0 spiro atoms. The van der Waals surface area contributed by atoms with Crippen molar-refractivity contribution in [2.24, 2.45) is 0 Å². The molecule has 0 unspecified atom stereocenters. The van der Waals surface area contributed by atoms with E-state index in [4.69, 9.17) is 11.6 Å². The van der Waals surface area contributed by atoms with E-state index in [-0.39, 0.29) is 11.9 Å². The third-order valence-electron chi connectivity index (χ3n) is 3.74. The Bertz CT molecular complexity index is 688. The maximum absolute atomic E-state index is 12.5. The highest BCUT2D eigenvalue weighted by Gasteiger charge is 2.36. The van der Waals surface area contributed by atoms with Crippen LogP contribution in [0.4, 0.5) is 0 Å². The van der Waals surface area contributed by atoms with E-state index in [1.54, 1.807) is 17.0 Å². The van der Waals surface area contributed by atoms with Gasteiger partial charge in [0.05, 0.1) is 22.4 Å². The molecule has 1 aliphatic heterocycles. The van der Waals surface area contributed by atoms with E-state index >= 15 is 0 Å². The van der Waals surface area contributed by atoms with E-state index in [0.29, 0.717) is 23.1 Å². The van der Waals surface area contributed by atoms with Crippen molar-refractivity contribution in [1.82, 2.24) is 14.8 Å². The fraction of sp³-hybridized carbons (Fsp3) is 0.429. The zero-order valence-corrected chi connectivity index (χ0v) is 13.4. The minimum Gasteiger partial charge on any atom is -0.390 e. The second kappa shape index (κ2) is 5.53. The quantitative estimate of drug-likeness (QED) is 0.913. The predicted octanol–water partition coefficient (Wildman–Crippen LogP) is 1.70. The molecule has 0 bridgehead atoms. The van der Waals surface area contributed by atoms with E-state index in [2.05, 4.69) is 4.98 Å². The number of hydrogen-bond acceptors (Lipinski definition) is 5. The molecule has 2 aromatic rings. The van der Waals surface area contributed by atoms with Crippen molar-refractivity contribution in [2.75, 3.05) is 27.2 Å². The van der Waals surface area contributed by atoms with Crippen molar-refractivity contribution in [3.63, 3.8) is 0 Å². The van der Waals surface area contributed by atoms with Crippen LogP contribution in [0.15, 0.2) is 18.2 Å². The molecule has 7 heteroatoms. The van der Waals surface area contributed by atoms with Crippen molar-refractivity contribution >= 4 is 39.1 Å². The number of halogens is 1. The van der Waals surface area contributed by atoms with E-state index in [9.17, 15) is 9.90 Å². The van der Waals surface area contributed by atoms with Crippen LogP contribution >= 0.6 is 22.9 Å². The van der Waals surface area contributed by atoms with Crippen LogP contribution in [0, 0.1) is 0 Å². The Morgan fingerprint density at radius 3 is 2.90 bits per heavy atom. The molecule has 0 aliphatic carbocycles. The first kappa shape index (κ1) is 14.7. The lowest BCUT2D eigenvalue weighted by Gasteiger charge is -2.21. The minimum absolute atomic E-state index is 0.0298. The lowest BCUT2D eigenvalue weighted by Crippen LogP contribution is -2.38. The summed E-state index contributed by atoms with van der Waals surface area (Å²) in [5.74, 6) is -0.129. The minimum atomic E-state index is -0.521. The van der Waals surface area contributed by atoms with E-state index < -0.39 is 6.10 Å². The summed E-state index contributed by atoms with van der Waals surface area (Å²) in [6, 6.07) is 5.38. The highest BCUT2D eigenvalue weighted by Crippen LogP contribution is 2.27. The number of carbonyl (C=O) groups is 1. The first-order chi connectivity index (χ1) is 9.95. The van der Waals surface area contributed by atoms with Crippen molar-refractivity contribution in [3.8, 4) is 0 Å². The summed E-state index contributed by atoms with van der Waals surface area (Å²) in [7, 11) is 3.81. The SMILES string of the molecule is CN(C)[C@H]1CN(C(=O)c2nc3cc(Cl)ccc3s2)C[C@@H]1O. The molecule has 1 N–H and O–H groups in total. The number of carbonyl (C=O) groups excluding carboxylic acids is 1. The second-order valence-corrected chi connectivity index (χ2v) is 6.91. The normalized spacial score (nSPS) is 22.4. The summed E-state index contributed by atoms with van der Waals surface area (Å²) >= 11 is 7.29. The van der Waals surface area contributed by atoms with Crippen LogP contribution in [0.3, 0.4) is 0 Å². The molecule has 1 amide bonds. The van der Waals surface area contributed by atoms with Crippen molar-refractivity contribution in [1.29, 1.82) is 0 Å². The van der Waals surface area contributed by atoms with Crippen LogP contribution in [0.5, 0.6) is 0 Å². The molecule has 21 heavy (non-hydrogen) atoms. The van der Waals surface area contributed by atoms with Gasteiger partial charge in [-0.25, -0.2) is 4.98 Å². The van der Waals surface area contributed by atoms with E-state index in [1.807, 2.05) is 25.1 Å². The van der Waals surface area contributed by atoms with Crippen molar-refractivity contribution in [2.45, 2.75) is 12.1 Å². The van der Waals surface area contributed by atoms with Gasteiger partial charge in [-0.15, -0.1) is 11.3 Å². The van der Waals surface area contributed by atoms with Gasteiger partial charge in [0.25, 0.3) is 5.91 Å². The zero-order chi connectivity index (χ0) is 15.1. The number of likely N-dealkylation sites (tertiary alicyclic amines) is 1. The molecule has 1 aromatic heterocycles. The zero-order valence-electron chi connectivity index (χ0n) is 11.8. The monoisotopic (exact) mass is 325 g/mol. The Morgan fingerprint density at radius 2 is 2.24 bits per heavy atom. The molecule has 112 valence electrons. The average Bonchev–Trinajstić information content (AvgIpc) is 3.00. The number of benzene rings is 1. The standard InChI is InChI=1S/C14H16ClN3O2S/c1-17(2)10-6-18(7-11(10)19)14(20)13-16-9-5-8(15)3-4-12(9)21-13/h3-5,10-11,19H,6-7H2,1-2H3/t10-,11-/m0/s1. The number of aliphatic hydroxyl groups is 1. The first-order valence-electron chi connectivity index (χ1n) is 6.65. The third-order valence-corrected chi connectivity index (χ3v) is 5.00. The largest absolute Gasteiger partial charge is 0.390 e. The average molecular weight is 326 g/mol. The number of likely N-dealkylation sites (N-methyl/N-ethyl adjacent to an activating group) is 1. The molecule has 0 saturated carbocycles. The van der Waals surface area contributed by atoms with Crippen LogP contribution < -0.4 is 0 Å². The number of fused-ring (bicyclic) bond motifs is 1. The number of thiazole rings is 1. The van der Waals surface area contributed by atoms with Crippen LogP contribution in [0.25, 0.3) is 10.2 Å². The van der Waals surface area contributed by atoms with Gasteiger partial charge in [-0.3, -0.25) is 4.79 Å².